The Labute approximate surface area is 138 Å². The highest BCUT2D eigenvalue weighted by Crippen LogP contribution is 2.21. The zero-order valence-electron chi connectivity index (χ0n) is 14.6. The summed E-state index contributed by atoms with van der Waals surface area (Å²) >= 11 is 0. The molecular weight excluding hydrogens is 288 g/mol. The van der Waals surface area contributed by atoms with Crippen LogP contribution in [0.5, 0.6) is 0 Å². The van der Waals surface area contributed by atoms with Crippen LogP contribution in [-0.2, 0) is 13.6 Å². The maximum absolute atomic E-state index is 12.5. The molecule has 5 nitrogen and oxygen atoms in total. The van der Waals surface area contributed by atoms with Crippen LogP contribution in [0.2, 0.25) is 0 Å². The van der Waals surface area contributed by atoms with E-state index in [1.54, 1.807) is 6.20 Å². The minimum Gasteiger partial charge on any atom is -0.382 e. The molecule has 1 heterocycles. The lowest BCUT2D eigenvalue weighted by Gasteiger charge is -2.21. The molecule has 23 heavy (non-hydrogen) atoms. The Morgan fingerprint density at radius 2 is 2.04 bits per heavy atom. The molecule has 2 aromatic rings. The van der Waals surface area contributed by atoms with Gasteiger partial charge in [-0.3, -0.25) is 4.79 Å². The average molecular weight is 314 g/mol. The van der Waals surface area contributed by atoms with Gasteiger partial charge in [0.05, 0.1) is 6.54 Å². The highest BCUT2D eigenvalue weighted by Gasteiger charge is 2.14. The second-order valence-corrected chi connectivity index (χ2v) is 6.29. The molecule has 2 N–H and O–H groups in total. The van der Waals surface area contributed by atoms with Crippen molar-refractivity contribution >= 4 is 11.6 Å². The van der Waals surface area contributed by atoms with Crippen molar-refractivity contribution in [2.45, 2.75) is 40.3 Å². The second-order valence-electron chi connectivity index (χ2n) is 6.29. The van der Waals surface area contributed by atoms with Crippen LogP contribution in [0.4, 0.5) is 5.69 Å². The number of anilines is 1. The van der Waals surface area contributed by atoms with Crippen LogP contribution in [0.15, 0.2) is 30.6 Å². The molecule has 1 atom stereocenters. The number of carbonyl (C=O) groups excluding carboxylic acids is 1. The van der Waals surface area contributed by atoms with Gasteiger partial charge in [0.1, 0.15) is 5.82 Å². The number of rotatable bonds is 6. The van der Waals surface area contributed by atoms with Gasteiger partial charge in [0.25, 0.3) is 5.91 Å². The van der Waals surface area contributed by atoms with Crippen molar-refractivity contribution in [1.82, 2.24) is 14.9 Å². The van der Waals surface area contributed by atoms with E-state index >= 15 is 0 Å². The molecule has 0 saturated heterocycles. The van der Waals surface area contributed by atoms with Crippen LogP contribution in [0.1, 0.15) is 42.5 Å². The third kappa shape index (κ3) is 4.12. The highest BCUT2D eigenvalue weighted by atomic mass is 16.1. The van der Waals surface area contributed by atoms with Crippen LogP contribution in [-0.4, -0.2) is 21.5 Å². The quantitative estimate of drug-likeness (QED) is 0.861. The minimum atomic E-state index is -0.0775. The first-order valence-electron chi connectivity index (χ1n) is 8.00. The molecule has 0 unspecified atom stereocenters. The number of carbonyl (C=O) groups is 1. The summed E-state index contributed by atoms with van der Waals surface area (Å²) in [7, 11) is 1.91. The fraction of sp³-hybridized carbons (Fsp3) is 0.444. The van der Waals surface area contributed by atoms with E-state index in [9.17, 15) is 4.79 Å². The van der Waals surface area contributed by atoms with E-state index in [0.717, 1.165) is 17.1 Å². The predicted molar refractivity (Wildman–Crippen MR) is 93.5 cm³/mol. The molecule has 124 valence electrons. The first kappa shape index (κ1) is 17.1. The van der Waals surface area contributed by atoms with Gasteiger partial charge in [-0.2, -0.15) is 0 Å². The smallest absolute Gasteiger partial charge is 0.251 e. The number of aryl methyl sites for hydroxylation is 1. The number of hydrogen-bond donors (Lipinski definition) is 2. The zero-order chi connectivity index (χ0) is 17.0. The fourth-order valence-electron chi connectivity index (χ4n) is 2.27. The van der Waals surface area contributed by atoms with Gasteiger partial charge in [0.2, 0.25) is 0 Å². The van der Waals surface area contributed by atoms with Gasteiger partial charge in [-0.25, -0.2) is 4.98 Å². The molecule has 1 aromatic heterocycles. The minimum absolute atomic E-state index is 0.0775. The van der Waals surface area contributed by atoms with Crippen LogP contribution >= 0.6 is 0 Å². The van der Waals surface area contributed by atoms with Crippen LogP contribution in [0, 0.1) is 12.8 Å². The number of nitrogens with one attached hydrogen (secondary N) is 2. The molecule has 0 bridgehead atoms. The van der Waals surface area contributed by atoms with E-state index in [-0.39, 0.29) is 5.91 Å². The SMILES string of the molecule is Cc1c(N[C@@H](C)C(C)C)cccc1C(=O)NCc1nccn1C. The summed E-state index contributed by atoms with van der Waals surface area (Å²) in [5.41, 5.74) is 2.67. The Morgan fingerprint density at radius 3 is 2.65 bits per heavy atom. The fourth-order valence-corrected chi connectivity index (χ4v) is 2.27. The normalized spacial score (nSPS) is 12.3. The largest absolute Gasteiger partial charge is 0.382 e. The summed E-state index contributed by atoms with van der Waals surface area (Å²) in [4.78, 5) is 16.7. The summed E-state index contributed by atoms with van der Waals surface area (Å²) in [6.45, 7) is 8.90. The maximum Gasteiger partial charge on any atom is 0.251 e. The Hall–Kier alpha value is -2.30. The molecule has 0 aliphatic carbocycles. The van der Waals surface area contributed by atoms with Crippen LogP contribution in [0.3, 0.4) is 0 Å². The summed E-state index contributed by atoms with van der Waals surface area (Å²) in [6.07, 6.45) is 3.59. The summed E-state index contributed by atoms with van der Waals surface area (Å²) in [5, 5.41) is 6.42. The molecule has 1 aromatic carbocycles. The lowest BCUT2D eigenvalue weighted by atomic mass is 10.0. The molecule has 0 saturated carbocycles. The maximum atomic E-state index is 12.5. The van der Waals surface area contributed by atoms with Gasteiger partial charge in [-0.1, -0.05) is 19.9 Å². The van der Waals surface area contributed by atoms with E-state index in [1.165, 1.54) is 0 Å². The van der Waals surface area contributed by atoms with Crippen molar-refractivity contribution in [3.05, 3.63) is 47.5 Å². The van der Waals surface area contributed by atoms with Crippen molar-refractivity contribution in [3.8, 4) is 0 Å². The summed E-state index contributed by atoms with van der Waals surface area (Å²) in [6, 6.07) is 6.13. The third-order valence-corrected chi connectivity index (χ3v) is 4.29. The van der Waals surface area contributed by atoms with Crippen molar-refractivity contribution in [3.63, 3.8) is 0 Å². The van der Waals surface area contributed by atoms with Gasteiger partial charge in [0, 0.05) is 36.7 Å². The Balaban J connectivity index is 2.10. The van der Waals surface area contributed by atoms with Gasteiger partial charge >= 0.3 is 0 Å². The van der Waals surface area contributed by atoms with E-state index < -0.39 is 0 Å². The summed E-state index contributed by atoms with van der Waals surface area (Å²) in [5.74, 6) is 1.28. The molecule has 5 heteroatoms. The first-order valence-corrected chi connectivity index (χ1v) is 8.00. The van der Waals surface area contributed by atoms with E-state index in [0.29, 0.717) is 24.1 Å². The van der Waals surface area contributed by atoms with Gasteiger partial charge < -0.3 is 15.2 Å². The molecule has 0 aliphatic heterocycles. The van der Waals surface area contributed by atoms with Crippen LogP contribution < -0.4 is 10.6 Å². The monoisotopic (exact) mass is 314 g/mol. The standard InChI is InChI=1S/C18H26N4O/c1-12(2)14(4)21-16-8-6-7-15(13(16)3)18(23)20-11-17-19-9-10-22(17)5/h6-10,12,14,21H,11H2,1-5H3,(H,20,23)/t14-/m0/s1. The van der Waals surface area contributed by atoms with E-state index in [1.807, 2.05) is 42.9 Å². The first-order chi connectivity index (χ1) is 10.9. The zero-order valence-corrected chi connectivity index (χ0v) is 14.6. The van der Waals surface area contributed by atoms with Crippen molar-refractivity contribution in [2.24, 2.45) is 13.0 Å². The topological polar surface area (TPSA) is 59.0 Å². The molecule has 0 radical (unpaired) electrons. The number of benzene rings is 1. The lowest BCUT2D eigenvalue weighted by Crippen LogP contribution is -2.26. The van der Waals surface area contributed by atoms with Gasteiger partial charge in [0.15, 0.2) is 0 Å². The molecule has 1 amide bonds. The highest BCUT2D eigenvalue weighted by molar-refractivity contribution is 5.97. The van der Waals surface area contributed by atoms with Crippen molar-refractivity contribution < 1.29 is 4.79 Å². The Morgan fingerprint density at radius 1 is 1.30 bits per heavy atom. The van der Waals surface area contributed by atoms with Gasteiger partial charge in [-0.15, -0.1) is 0 Å². The van der Waals surface area contributed by atoms with E-state index in [2.05, 4.69) is 36.4 Å². The second kappa shape index (κ2) is 7.31. The number of amides is 1. The van der Waals surface area contributed by atoms with E-state index in [4.69, 9.17) is 0 Å². The Kier molecular flexibility index (Phi) is 5.42. The van der Waals surface area contributed by atoms with Crippen molar-refractivity contribution in [1.29, 1.82) is 0 Å². The van der Waals surface area contributed by atoms with Gasteiger partial charge in [-0.05, 0) is 37.5 Å². The summed E-state index contributed by atoms with van der Waals surface area (Å²) < 4.78 is 1.90. The molecule has 2 rings (SSSR count). The number of nitrogens with zero attached hydrogens (tertiary/aromatic N) is 2. The van der Waals surface area contributed by atoms with Crippen molar-refractivity contribution in [2.75, 3.05) is 5.32 Å². The van der Waals surface area contributed by atoms with Crippen LogP contribution in [0.25, 0.3) is 0 Å². The predicted octanol–water partition coefficient (Wildman–Crippen LogP) is 3.11. The molecule has 0 spiro atoms. The number of hydrogen-bond acceptors (Lipinski definition) is 3. The number of aromatic nitrogens is 2. The molecular formula is C18H26N4O. The lowest BCUT2D eigenvalue weighted by molar-refractivity contribution is 0.0949. The molecule has 0 aliphatic rings. The molecule has 0 fully saturated rings. The number of imidazole rings is 1. The Bertz CT molecular complexity index is 675. The average Bonchev–Trinajstić information content (AvgIpc) is 2.92. The third-order valence-electron chi connectivity index (χ3n) is 4.29.